The number of hydrogen-bond acceptors (Lipinski definition) is 3. The molecule has 0 aromatic heterocycles. The van der Waals surface area contributed by atoms with Gasteiger partial charge >= 0.3 is 0 Å². The quantitative estimate of drug-likeness (QED) is 0.577. The highest BCUT2D eigenvalue weighted by molar-refractivity contribution is 7.98. The van der Waals surface area contributed by atoms with E-state index in [0.717, 1.165) is 11.3 Å². The number of nitrogens with one attached hydrogen (secondary N) is 1. The highest BCUT2D eigenvalue weighted by Crippen LogP contribution is 2.17. The summed E-state index contributed by atoms with van der Waals surface area (Å²) in [7, 11) is 0. The van der Waals surface area contributed by atoms with Crippen molar-refractivity contribution in [3.63, 3.8) is 0 Å². The minimum absolute atomic E-state index is 0.0284. The lowest BCUT2D eigenvalue weighted by Gasteiger charge is -2.28. The highest BCUT2D eigenvalue weighted by atomic mass is 35.5. The summed E-state index contributed by atoms with van der Waals surface area (Å²) in [5.41, 5.74) is 2.15. The smallest absolute Gasteiger partial charge is 0.242 e. The lowest BCUT2D eigenvalue weighted by Crippen LogP contribution is -2.47. The maximum atomic E-state index is 12.9. The number of nitrogens with zero attached hydrogens (tertiary/aromatic N) is 1. The Hall–Kier alpha value is -1.98. The second kappa shape index (κ2) is 11.8. The normalized spacial score (nSPS) is 11.7. The Kier molecular flexibility index (Phi) is 9.38. The zero-order valence-corrected chi connectivity index (χ0v) is 17.9. The van der Waals surface area contributed by atoms with Crippen molar-refractivity contribution < 1.29 is 9.59 Å². The molecule has 4 nitrogen and oxygen atoms in total. The summed E-state index contributed by atoms with van der Waals surface area (Å²) in [6.07, 6.45) is 0.391. The van der Waals surface area contributed by atoms with Crippen molar-refractivity contribution in [2.24, 2.45) is 0 Å². The molecule has 0 aliphatic rings. The molecule has 2 rings (SSSR count). The standard InChI is InChI=1S/C22H27ClN2O2S/c1-3-24-22(27)17(2)25(15-19-10-7-11-20(23)14-19)21(26)12-13-28-16-18-8-5-4-6-9-18/h4-11,14,17H,3,12-13,15-16H2,1-2H3,(H,24,27). The fourth-order valence-electron chi connectivity index (χ4n) is 2.80. The first-order valence-corrected chi connectivity index (χ1v) is 11.0. The zero-order chi connectivity index (χ0) is 20.4. The van der Waals surface area contributed by atoms with Crippen LogP contribution in [0.4, 0.5) is 0 Å². The van der Waals surface area contributed by atoms with Gasteiger partial charge in [0, 0.05) is 36.0 Å². The number of halogens is 1. The second-order valence-corrected chi connectivity index (χ2v) is 8.05. The Balaban J connectivity index is 1.98. The molecule has 6 heteroatoms. The molecule has 0 fully saturated rings. The van der Waals surface area contributed by atoms with Crippen molar-refractivity contribution in [2.45, 2.75) is 38.6 Å². The first-order chi connectivity index (χ1) is 13.5. The third-order valence-corrected chi connectivity index (χ3v) is 5.60. The molecule has 0 aliphatic heterocycles. The summed E-state index contributed by atoms with van der Waals surface area (Å²) in [6.45, 7) is 4.54. The van der Waals surface area contributed by atoms with E-state index in [9.17, 15) is 9.59 Å². The van der Waals surface area contributed by atoms with Crippen LogP contribution in [0, 0.1) is 0 Å². The van der Waals surface area contributed by atoms with Gasteiger partial charge in [-0.1, -0.05) is 54.1 Å². The highest BCUT2D eigenvalue weighted by Gasteiger charge is 2.25. The van der Waals surface area contributed by atoms with Crippen molar-refractivity contribution in [3.8, 4) is 0 Å². The molecule has 1 N–H and O–H groups in total. The van der Waals surface area contributed by atoms with Crippen LogP contribution < -0.4 is 5.32 Å². The van der Waals surface area contributed by atoms with Crippen molar-refractivity contribution >= 4 is 35.2 Å². The van der Waals surface area contributed by atoms with Crippen LogP contribution in [0.3, 0.4) is 0 Å². The first kappa shape index (κ1) is 22.3. The molecule has 0 spiro atoms. The van der Waals surface area contributed by atoms with Crippen LogP contribution in [0.15, 0.2) is 54.6 Å². The molecule has 2 aromatic carbocycles. The van der Waals surface area contributed by atoms with E-state index in [1.165, 1.54) is 5.56 Å². The summed E-state index contributed by atoms with van der Waals surface area (Å²) < 4.78 is 0. The molecule has 1 atom stereocenters. The molecule has 0 bridgehead atoms. The average Bonchev–Trinajstić information content (AvgIpc) is 2.70. The number of rotatable bonds is 10. The van der Waals surface area contributed by atoms with E-state index in [4.69, 9.17) is 11.6 Å². The van der Waals surface area contributed by atoms with E-state index >= 15 is 0 Å². The average molecular weight is 419 g/mol. The maximum absolute atomic E-state index is 12.9. The second-order valence-electron chi connectivity index (χ2n) is 6.51. The molecule has 150 valence electrons. The number of carbonyl (C=O) groups is 2. The van der Waals surface area contributed by atoms with Crippen LogP contribution in [0.25, 0.3) is 0 Å². The predicted octanol–water partition coefficient (Wildman–Crippen LogP) is 4.52. The number of hydrogen-bond donors (Lipinski definition) is 1. The van der Waals surface area contributed by atoms with Gasteiger partial charge in [0.25, 0.3) is 0 Å². The van der Waals surface area contributed by atoms with Gasteiger partial charge in [0.1, 0.15) is 6.04 Å². The van der Waals surface area contributed by atoms with Crippen molar-refractivity contribution in [1.29, 1.82) is 0 Å². The number of benzene rings is 2. The lowest BCUT2D eigenvalue weighted by atomic mass is 10.1. The molecule has 2 aromatic rings. The fraction of sp³-hybridized carbons (Fsp3) is 0.364. The molecule has 0 saturated heterocycles. The van der Waals surface area contributed by atoms with E-state index in [0.29, 0.717) is 30.3 Å². The Morgan fingerprint density at radius 1 is 1.11 bits per heavy atom. The van der Waals surface area contributed by atoms with E-state index in [-0.39, 0.29) is 11.8 Å². The Morgan fingerprint density at radius 3 is 2.50 bits per heavy atom. The van der Waals surface area contributed by atoms with Crippen molar-refractivity contribution in [3.05, 3.63) is 70.7 Å². The summed E-state index contributed by atoms with van der Waals surface area (Å²) in [5.74, 6) is 1.41. The maximum Gasteiger partial charge on any atom is 0.242 e. The fourth-order valence-corrected chi connectivity index (χ4v) is 3.91. The van der Waals surface area contributed by atoms with Gasteiger partial charge in [0.05, 0.1) is 0 Å². The monoisotopic (exact) mass is 418 g/mol. The summed E-state index contributed by atoms with van der Waals surface area (Å²) >= 11 is 7.80. The van der Waals surface area contributed by atoms with Crippen LogP contribution in [0.2, 0.25) is 5.02 Å². The molecule has 0 saturated carbocycles. The molecule has 28 heavy (non-hydrogen) atoms. The van der Waals surface area contributed by atoms with Crippen LogP contribution in [0.1, 0.15) is 31.4 Å². The van der Waals surface area contributed by atoms with Gasteiger partial charge in [0.15, 0.2) is 0 Å². The lowest BCUT2D eigenvalue weighted by molar-refractivity contribution is -0.140. The van der Waals surface area contributed by atoms with Gasteiger partial charge in [-0.25, -0.2) is 0 Å². The van der Waals surface area contributed by atoms with Crippen molar-refractivity contribution in [1.82, 2.24) is 10.2 Å². The molecule has 2 amide bonds. The first-order valence-electron chi connectivity index (χ1n) is 9.44. The topological polar surface area (TPSA) is 49.4 Å². The molecule has 0 aliphatic carbocycles. The van der Waals surface area contributed by atoms with Crippen LogP contribution in [-0.2, 0) is 21.9 Å². The van der Waals surface area contributed by atoms with Crippen molar-refractivity contribution in [2.75, 3.05) is 12.3 Å². The van der Waals surface area contributed by atoms with Gasteiger partial charge in [-0.3, -0.25) is 9.59 Å². The van der Waals surface area contributed by atoms with Crippen LogP contribution in [-0.4, -0.2) is 35.1 Å². The van der Waals surface area contributed by atoms with Crippen LogP contribution >= 0.6 is 23.4 Å². The van der Waals surface area contributed by atoms with E-state index in [1.54, 1.807) is 29.7 Å². The Bertz CT molecular complexity index is 770. The summed E-state index contributed by atoms with van der Waals surface area (Å²) in [4.78, 5) is 26.9. The molecule has 1 unspecified atom stereocenters. The van der Waals surface area contributed by atoms with Crippen LogP contribution in [0.5, 0.6) is 0 Å². The third kappa shape index (κ3) is 7.21. The zero-order valence-electron chi connectivity index (χ0n) is 16.4. The molecular weight excluding hydrogens is 392 g/mol. The van der Waals surface area contributed by atoms with Gasteiger partial charge in [-0.05, 0) is 37.1 Å². The molecule has 0 radical (unpaired) electrons. The predicted molar refractivity (Wildman–Crippen MR) is 117 cm³/mol. The van der Waals surface area contributed by atoms with Gasteiger partial charge in [0.2, 0.25) is 11.8 Å². The number of likely N-dealkylation sites (N-methyl/N-ethyl adjacent to an activating group) is 1. The third-order valence-electron chi connectivity index (χ3n) is 4.33. The summed E-state index contributed by atoms with van der Waals surface area (Å²) in [6, 6.07) is 17.0. The van der Waals surface area contributed by atoms with E-state index in [1.807, 2.05) is 43.3 Å². The number of amides is 2. The largest absolute Gasteiger partial charge is 0.355 e. The number of thioether (sulfide) groups is 1. The summed E-state index contributed by atoms with van der Waals surface area (Å²) in [5, 5.41) is 3.42. The Morgan fingerprint density at radius 2 is 1.82 bits per heavy atom. The van der Waals surface area contributed by atoms with E-state index < -0.39 is 6.04 Å². The van der Waals surface area contributed by atoms with Gasteiger partial charge in [-0.15, -0.1) is 0 Å². The SMILES string of the molecule is CCNC(=O)C(C)N(Cc1cccc(Cl)c1)C(=O)CCSCc1ccccc1. The Labute approximate surface area is 176 Å². The molecular formula is C22H27ClN2O2S. The minimum atomic E-state index is -0.537. The van der Waals surface area contributed by atoms with Gasteiger partial charge in [-0.2, -0.15) is 11.8 Å². The minimum Gasteiger partial charge on any atom is -0.355 e. The number of carbonyl (C=O) groups excluding carboxylic acids is 2. The van der Waals surface area contributed by atoms with Gasteiger partial charge < -0.3 is 10.2 Å². The van der Waals surface area contributed by atoms with E-state index in [2.05, 4.69) is 17.4 Å². The molecule has 0 heterocycles.